The van der Waals surface area contributed by atoms with Crippen LogP contribution in [0.25, 0.3) is 6.08 Å². The Hall–Kier alpha value is -2.88. The highest BCUT2D eigenvalue weighted by atomic mass is 16.5. The number of rotatable bonds is 7. The summed E-state index contributed by atoms with van der Waals surface area (Å²) in [6.07, 6.45) is 3.16. The van der Waals surface area contributed by atoms with Crippen molar-refractivity contribution in [2.75, 3.05) is 6.61 Å². The molecule has 2 aromatic rings. The highest BCUT2D eigenvalue weighted by molar-refractivity contribution is 6.06. The van der Waals surface area contributed by atoms with E-state index in [4.69, 9.17) is 9.84 Å². The zero-order valence-electron chi connectivity index (χ0n) is 11.9. The first-order valence-corrected chi connectivity index (χ1v) is 6.87. The van der Waals surface area contributed by atoms with Crippen LogP contribution in [-0.2, 0) is 4.79 Å². The average molecular weight is 296 g/mol. The van der Waals surface area contributed by atoms with E-state index in [1.54, 1.807) is 36.4 Å². The molecule has 0 radical (unpaired) electrons. The van der Waals surface area contributed by atoms with Crippen LogP contribution >= 0.6 is 0 Å². The fourth-order valence-electron chi connectivity index (χ4n) is 1.83. The molecule has 0 aliphatic heterocycles. The lowest BCUT2D eigenvalue weighted by molar-refractivity contribution is -0.137. The molecule has 2 aromatic carbocycles. The van der Waals surface area contributed by atoms with E-state index < -0.39 is 5.97 Å². The third-order valence-corrected chi connectivity index (χ3v) is 2.93. The number of ketones is 1. The van der Waals surface area contributed by atoms with E-state index >= 15 is 0 Å². The van der Waals surface area contributed by atoms with Gasteiger partial charge in [0.2, 0.25) is 0 Å². The molecule has 0 spiro atoms. The minimum Gasteiger partial charge on any atom is -0.493 e. The van der Waals surface area contributed by atoms with Crippen molar-refractivity contribution in [1.82, 2.24) is 0 Å². The zero-order chi connectivity index (χ0) is 15.8. The maximum absolute atomic E-state index is 12.0. The van der Waals surface area contributed by atoms with Crippen LogP contribution in [0.4, 0.5) is 0 Å². The third-order valence-electron chi connectivity index (χ3n) is 2.93. The molecular weight excluding hydrogens is 280 g/mol. The molecule has 2 rings (SSSR count). The number of carboxylic acid groups (broad SMARTS) is 1. The summed E-state index contributed by atoms with van der Waals surface area (Å²) in [6.45, 7) is 0.117. The Morgan fingerprint density at radius 1 is 1.05 bits per heavy atom. The first kappa shape index (κ1) is 15.5. The molecule has 4 heteroatoms. The number of allylic oxidation sites excluding steroid dienone is 1. The van der Waals surface area contributed by atoms with Crippen molar-refractivity contribution in [2.45, 2.75) is 6.42 Å². The first-order chi connectivity index (χ1) is 10.6. The first-order valence-electron chi connectivity index (χ1n) is 6.87. The maximum Gasteiger partial charge on any atom is 0.306 e. The van der Waals surface area contributed by atoms with Gasteiger partial charge in [-0.25, -0.2) is 0 Å². The molecule has 0 fully saturated rings. The lowest BCUT2D eigenvalue weighted by Gasteiger charge is -2.05. The monoisotopic (exact) mass is 296 g/mol. The third kappa shape index (κ3) is 4.90. The Bertz CT molecular complexity index is 674. The largest absolute Gasteiger partial charge is 0.493 e. The molecule has 0 amide bonds. The van der Waals surface area contributed by atoms with Gasteiger partial charge in [0.25, 0.3) is 0 Å². The number of carboxylic acids is 1. The van der Waals surface area contributed by atoms with Crippen molar-refractivity contribution in [3.8, 4) is 5.75 Å². The quantitative estimate of drug-likeness (QED) is 0.628. The fraction of sp³-hybridized carbons (Fsp3) is 0.111. The molecule has 0 aliphatic carbocycles. The van der Waals surface area contributed by atoms with Crippen molar-refractivity contribution >= 4 is 17.8 Å². The molecule has 0 aromatic heterocycles. The van der Waals surface area contributed by atoms with Gasteiger partial charge in [-0.05, 0) is 23.8 Å². The summed E-state index contributed by atoms with van der Waals surface area (Å²) in [5, 5.41) is 8.57. The molecule has 112 valence electrons. The second kappa shape index (κ2) is 7.78. The van der Waals surface area contributed by atoms with Crippen LogP contribution in [0, 0.1) is 0 Å². The van der Waals surface area contributed by atoms with Crippen LogP contribution in [-0.4, -0.2) is 23.5 Å². The van der Waals surface area contributed by atoms with Crippen LogP contribution in [0.3, 0.4) is 0 Å². The lowest BCUT2D eigenvalue weighted by Crippen LogP contribution is -2.04. The number of hydrogen-bond acceptors (Lipinski definition) is 3. The second-order valence-electron chi connectivity index (χ2n) is 4.63. The van der Waals surface area contributed by atoms with Gasteiger partial charge >= 0.3 is 5.97 Å². The maximum atomic E-state index is 12.0. The summed E-state index contributed by atoms with van der Waals surface area (Å²) in [7, 11) is 0. The second-order valence-corrected chi connectivity index (χ2v) is 4.63. The molecule has 0 bridgehead atoms. The van der Waals surface area contributed by atoms with E-state index in [1.165, 1.54) is 6.08 Å². The van der Waals surface area contributed by atoms with E-state index in [0.717, 1.165) is 5.56 Å². The van der Waals surface area contributed by atoms with Gasteiger partial charge in [0, 0.05) is 5.56 Å². The average Bonchev–Trinajstić information content (AvgIpc) is 2.53. The number of carbonyl (C=O) groups is 2. The zero-order valence-corrected chi connectivity index (χ0v) is 11.9. The van der Waals surface area contributed by atoms with Crippen LogP contribution < -0.4 is 4.74 Å². The molecule has 0 saturated heterocycles. The normalized spacial score (nSPS) is 10.5. The molecule has 0 saturated carbocycles. The lowest BCUT2D eigenvalue weighted by atomic mass is 10.1. The smallest absolute Gasteiger partial charge is 0.306 e. The van der Waals surface area contributed by atoms with Gasteiger partial charge in [-0.1, -0.05) is 48.5 Å². The number of benzene rings is 2. The molecule has 0 heterocycles. The van der Waals surface area contributed by atoms with Gasteiger partial charge in [-0.2, -0.15) is 0 Å². The Morgan fingerprint density at radius 3 is 2.55 bits per heavy atom. The van der Waals surface area contributed by atoms with Crippen LogP contribution in [0.5, 0.6) is 5.75 Å². The summed E-state index contributed by atoms with van der Waals surface area (Å²) in [6, 6.07) is 16.2. The molecule has 0 unspecified atom stereocenters. The Morgan fingerprint density at radius 2 is 1.82 bits per heavy atom. The van der Waals surface area contributed by atoms with Gasteiger partial charge in [0.15, 0.2) is 5.78 Å². The number of aliphatic carboxylic acids is 1. The number of carbonyl (C=O) groups excluding carboxylic acids is 1. The van der Waals surface area contributed by atoms with Crippen molar-refractivity contribution in [2.24, 2.45) is 0 Å². The summed E-state index contributed by atoms with van der Waals surface area (Å²) in [5.74, 6) is -0.391. The van der Waals surface area contributed by atoms with E-state index in [1.807, 2.05) is 24.3 Å². The Kier molecular flexibility index (Phi) is 5.49. The van der Waals surface area contributed by atoms with Crippen LogP contribution in [0.1, 0.15) is 22.3 Å². The topological polar surface area (TPSA) is 63.6 Å². The SMILES string of the molecule is O=C(O)CCOc1cccc(C=CC(=O)c2ccccc2)c1. The molecular formula is C18H16O4. The number of hydrogen-bond donors (Lipinski definition) is 1. The van der Waals surface area contributed by atoms with Gasteiger partial charge in [0.1, 0.15) is 5.75 Å². The van der Waals surface area contributed by atoms with Crippen molar-refractivity contribution < 1.29 is 19.4 Å². The summed E-state index contributed by atoms with van der Waals surface area (Å²) in [5.41, 5.74) is 1.45. The minimum absolute atomic E-state index is 0.0490. The minimum atomic E-state index is -0.899. The van der Waals surface area contributed by atoms with Gasteiger partial charge < -0.3 is 9.84 Å². The standard InChI is InChI=1S/C18H16O4/c19-17(15-6-2-1-3-7-15)10-9-14-5-4-8-16(13-14)22-12-11-18(20)21/h1-10,13H,11-12H2,(H,20,21). The summed E-state index contributed by atoms with van der Waals surface area (Å²) >= 11 is 0. The number of ether oxygens (including phenoxy) is 1. The van der Waals surface area contributed by atoms with Crippen molar-refractivity contribution in [3.05, 3.63) is 71.8 Å². The molecule has 4 nitrogen and oxygen atoms in total. The van der Waals surface area contributed by atoms with Crippen LogP contribution in [0.15, 0.2) is 60.7 Å². The van der Waals surface area contributed by atoms with E-state index in [2.05, 4.69) is 0 Å². The fourth-order valence-corrected chi connectivity index (χ4v) is 1.83. The Labute approximate surface area is 128 Å². The highest BCUT2D eigenvalue weighted by Crippen LogP contribution is 2.15. The molecule has 0 atom stereocenters. The predicted octanol–water partition coefficient (Wildman–Crippen LogP) is 3.44. The van der Waals surface area contributed by atoms with E-state index in [0.29, 0.717) is 11.3 Å². The van der Waals surface area contributed by atoms with Gasteiger partial charge in [0.05, 0.1) is 13.0 Å². The summed E-state index contributed by atoms with van der Waals surface area (Å²) < 4.78 is 5.35. The highest BCUT2D eigenvalue weighted by Gasteiger charge is 2.01. The van der Waals surface area contributed by atoms with Crippen molar-refractivity contribution in [1.29, 1.82) is 0 Å². The predicted molar refractivity (Wildman–Crippen MR) is 84.0 cm³/mol. The van der Waals surface area contributed by atoms with E-state index in [9.17, 15) is 9.59 Å². The Balaban J connectivity index is 1.99. The van der Waals surface area contributed by atoms with Gasteiger partial charge in [-0.3, -0.25) is 9.59 Å². The summed E-state index contributed by atoms with van der Waals surface area (Å²) in [4.78, 5) is 22.4. The van der Waals surface area contributed by atoms with E-state index in [-0.39, 0.29) is 18.8 Å². The molecule has 1 N–H and O–H groups in total. The van der Waals surface area contributed by atoms with Crippen molar-refractivity contribution in [3.63, 3.8) is 0 Å². The molecule has 22 heavy (non-hydrogen) atoms. The van der Waals surface area contributed by atoms with Crippen LogP contribution in [0.2, 0.25) is 0 Å². The van der Waals surface area contributed by atoms with Gasteiger partial charge in [-0.15, -0.1) is 0 Å². The molecule has 0 aliphatic rings.